The monoisotopic (exact) mass is 470 g/mol. The number of carbonyl (C=O) groups excluding carboxylic acids is 1. The Morgan fingerprint density at radius 1 is 1.07 bits per heavy atom. The van der Waals surface area contributed by atoms with E-state index in [1.54, 1.807) is 31.4 Å². The number of halogens is 2. The third-order valence-electron chi connectivity index (χ3n) is 4.44. The number of methoxy groups -OCH3 is 1. The third kappa shape index (κ3) is 4.31. The highest BCUT2D eigenvalue weighted by Crippen LogP contribution is 2.36. The Hall–Kier alpha value is -2.76. The van der Waals surface area contributed by atoms with Crippen molar-refractivity contribution in [2.45, 2.75) is 6.61 Å². The minimum Gasteiger partial charge on any atom is -0.496 e. The summed E-state index contributed by atoms with van der Waals surface area (Å²) in [4.78, 5) is 12.7. The normalized spacial score (nSPS) is 13.9. The van der Waals surface area contributed by atoms with Crippen molar-refractivity contribution >= 4 is 39.4 Å². The van der Waals surface area contributed by atoms with Gasteiger partial charge >= 0.3 is 0 Å². The van der Waals surface area contributed by atoms with Crippen molar-refractivity contribution in [3.05, 3.63) is 92.6 Å². The molecule has 1 aliphatic heterocycles. The second-order valence-corrected chi connectivity index (χ2v) is 7.75. The summed E-state index contributed by atoms with van der Waals surface area (Å²) in [5.74, 6) is 1.81. The highest BCUT2D eigenvalue weighted by atomic mass is 79.9. The second kappa shape index (κ2) is 8.31. The molecule has 0 aromatic heterocycles. The maximum absolute atomic E-state index is 12.7. The van der Waals surface area contributed by atoms with Crippen LogP contribution in [0.1, 0.15) is 21.5 Å². The highest BCUT2D eigenvalue weighted by molar-refractivity contribution is 9.10. The Morgan fingerprint density at radius 2 is 1.86 bits per heavy atom. The van der Waals surface area contributed by atoms with E-state index >= 15 is 0 Å². The van der Waals surface area contributed by atoms with E-state index in [1.807, 2.05) is 42.5 Å². The first kappa shape index (κ1) is 19.6. The minimum atomic E-state index is -0.175. The van der Waals surface area contributed by atoms with E-state index in [1.165, 1.54) is 0 Å². The first-order valence-corrected chi connectivity index (χ1v) is 9.99. The van der Waals surface area contributed by atoms with Crippen molar-refractivity contribution in [1.29, 1.82) is 0 Å². The third-order valence-corrected chi connectivity index (χ3v) is 5.18. The molecule has 4 rings (SSSR count). The largest absolute Gasteiger partial charge is 0.496 e. The molecule has 0 unspecified atom stereocenters. The lowest BCUT2D eigenvalue weighted by Crippen LogP contribution is -1.99. The number of ether oxygens (including phenoxy) is 3. The first-order valence-electron chi connectivity index (χ1n) is 8.82. The number of Topliss-reactive ketones (excluding diaryl/α,β-unsaturated/α-hetero) is 1. The van der Waals surface area contributed by atoms with Gasteiger partial charge in [-0.25, -0.2) is 0 Å². The van der Waals surface area contributed by atoms with Gasteiger partial charge in [-0.15, -0.1) is 0 Å². The molecule has 1 aliphatic rings. The van der Waals surface area contributed by atoms with E-state index < -0.39 is 0 Å². The zero-order chi connectivity index (χ0) is 20.4. The highest BCUT2D eigenvalue weighted by Gasteiger charge is 2.28. The van der Waals surface area contributed by atoms with Crippen LogP contribution in [-0.4, -0.2) is 12.9 Å². The Labute approximate surface area is 181 Å². The van der Waals surface area contributed by atoms with Crippen LogP contribution in [0.3, 0.4) is 0 Å². The lowest BCUT2D eigenvalue weighted by Gasteiger charge is -2.08. The average molecular weight is 472 g/mol. The summed E-state index contributed by atoms with van der Waals surface area (Å²) in [6.45, 7) is 0.391. The molecule has 1 heterocycles. The van der Waals surface area contributed by atoms with E-state index in [9.17, 15) is 4.79 Å². The summed E-state index contributed by atoms with van der Waals surface area (Å²) in [6.07, 6.45) is 1.68. The van der Waals surface area contributed by atoms with E-state index in [0.717, 1.165) is 15.6 Å². The first-order chi connectivity index (χ1) is 14.0. The maximum Gasteiger partial charge on any atom is 0.231 e. The van der Waals surface area contributed by atoms with Crippen LogP contribution in [0.2, 0.25) is 5.02 Å². The Balaban J connectivity index is 1.54. The van der Waals surface area contributed by atoms with Crippen molar-refractivity contribution in [3.8, 4) is 17.2 Å². The summed E-state index contributed by atoms with van der Waals surface area (Å²) in [7, 11) is 1.58. The van der Waals surface area contributed by atoms with Gasteiger partial charge in [0.1, 0.15) is 23.9 Å². The number of fused-ring (bicyclic) bond motifs is 1. The van der Waals surface area contributed by atoms with Crippen LogP contribution in [0.5, 0.6) is 17.2 Å². The van der Waals surface area contributed by atoms with Gasteiger partial charge in [-0.3, -0.25) is 4.79 Å². The SMILES string of the molecule is COc1ccc(Br)cc1/C=C1\Oc2cc(OCc3ccc(Cl)cc3)ccc2C1=O. The van der Waals surface area contributed by atoms with Gasteiger partial charge in [0, 0.05) is 21.1 Å². The zero-order valence-corrected chi connectivity index (χ0v) is 17.8. The Morgan fingerprint density at radius 3 is 2.62 bits per heavy atom. The molecule has 0 saturated carbocycles. The molecule has 3 aromatic carbocycles. The fourth-order valence-corrected chi connectivity index (χ4v) is 3.47. The van der Waals surface area contributed by atoms with Crippen LogP contribution in [0.4, 0.5) is 0 Å². The lowest BCUT2D eigenvalue weighted by molar-refractivity contribution is 0.101. The zero-order valence-electron chi connectivity index (χ0n) is 15.4. The van der Waals surface area contributed by atoms with E-state index in [4.69, 9.17) is 25.8 Å². The fraction of sp³-hybridized carbons (Fsp3) is 0.0870. The van der Waals surface area contributed by atoms with Gasteiger partial charge in [0.2, 0.25) is 5.78 Å². The molecular formula is C23H16BrClO4. The van der Waals surface area contributed by atoms with E-state index in [2.05, 4.69) is 15.9 Å². The number of carbonyl (C=O) groups is 1. The molecule has 0 aliphatic carbocycles. The molecule has 146 valence electrons. The molecule has 0 radical (unpaired) electrons. The van der Waals surface area contributed by atoms with Crippen LogP contribution < -0.4 is 14.2 Å². The van der Waals surface area contributed by atoms with E-state index in [-0.39, 0.29) is 11.5 Å². The van der Waals surface area contributed by atoms with Gasteiger partial charge < -0.3 is 14.2 Å². The number of hydrogen-bond donors (Lipinski definition) is 0. The molecule has 0 saturated heterocycles. The predicted octanol–water partition coefficient (Wildman–Crippen LogP) is 6.31. The number of rotatable bonds is 5. The Bertz CT molecular complexity index is 1110. The minimum absolute atomic E-state index is 0.175. The molecule has 6 heteroatoms. The van der Waals surface area contributed by atoms with Crippen LogP contribution in [0.25, 0.3) is 6.08 Å². The van der Waals surface area contributed by atoms with Crippen molar-refractivity contribution in [2.75, 3.05) is 7.11 Å². The molecular weight excluding hydrogens is 456 g/mol. The standard InChI is InChI=1S/C23H16BrClO4/c1-27-20-9-4-16(24)10-15(20)11-22-23(26)19-8-7-18(12-21(19)29-22)28-13-14-2-5-17(25)6-3-14/h2-12H,13H2,1H3/b22-11-. The van der Waals surface area contributed by atoms with Gasteiger partial charge in [-0.05, 0) is 54.1 Å². The average Bonchev–Trinajstić information content (AvgIpc) is 3.02. The van der Waals surface area contributed by atoms with Crippen LogP contribution >= 0.6 is 27.5 Å². The van der Waals surface area contributed by atoms with Crippen LogP contribution in [0, 0.1) is 0 Å². The fourth-order valence-electron chi connectivity index (χ4n) is 2.96. The summed E-state index contributed by atoms with van der Waals surface area (Å²) in [5.41, 5.74) is 2.25. The molecule has 0 spiro atoms. The molecule has 3 aromatic rings. The molecule has 0 fully saturated rings. The topological polar surface area (TPSA) is 44.8 Å². The number of ketones is 1. The number of allylic oxidation sites excluding steroid dienone is 1. The summed E-state index contributed by atoms with van der Waals surface area (Å²) >= 11 is 9.33. The van der Waals surface area contributed by atoms with Gasteiger partial charge in [0.25, 0.3) is 0 Å². The predicted molar refractivity (Wildman–Crippen MR) is 116 cm³/mol. The number of benzene rings is 3. The molecule has 0 N–H and O–H groups in total. The lowest BCUT2D eigenvalue weighted by atomic mass is 10.1. The quantitative estimate of drug-likeness (QED) is 0.409. The Kier molecular flexibility index (Phi) is 5.60. The second-order valence-electron chi connectivity index (χ2n) is 6.40. The van der Waals surface area contributed by atoms with Crippen molar-refractivity contribution in [1.82, 2.24) is 0 Å². The maximum atomic E-state index is 12.7. The van der Waals surface area contributed by atoms with Gasteiger partial charge in [0.05, 0.1) is 12.7 Å². The number of hydrogen-bond acceptors (Lipinski definition) is 4. The summed E-state index contributed by atoms with van der Waals surface area (Å²) in [5, 5.41) is 0.680. The molecule has 29 heavy (non-hydrogen) atoms. The molecule has 0 amide bonds. The van der Waals surface area contributed by atoms with Crippen molar-refractivity contribution in [2.24, 2.45) is 0 Å². The van der Waals surface area contributed by atoms with Crippen LogP contribution in [0.15, 0.2) is 70.9 Å². The molecule has 0 bridgehead atoms. The summed E-state index contributed by atoms with van der Waals surface area (Å²) in [6, 6.07) is 18.2. The smallest absolute Gasteiger partial charge is 0.231 e. The van der Waals surface area contributed by atoms with Crippen molar-refractivity contribution < 1.29 is 19.0 Å². The van der Waals surface area contributed by atoms with Crippen molar-refractivity contribution in [3.63, 3.8) is 0 Å². The molecule has 4 nitrogen and oxygen atoms in total. The van der Waals surface area contributed by atoms with Gasteiger partial charge in [-0.1, -0.05) is 39.7 Å². The van der Waals surface area contributed by atoms with Crippen LogP contribution in [-0.2, 0) is 6.61 Å². The van der Waals surface area contributed by atoms with E-state index in [0.29, 0.717) is 34.4 Å². The summed E-state index contributed by atoms with van der Waals surface area (Å²) < 4.78 is 17.9. The van der Waals surface area contributed by atoms with Gasteiger partial charge in [-0.2, -0.15) is 0 Å². The van der Waals surface area contributed by atoms with Gasteiger partial charge in [0.15, 0.2) is 5.76 Å². The molecule has 0 atom stereocenters.